The van der Waals surface area contributed by atoms with Crippen molar-refractivity contribution in [1.82, 2.24) is 19.8 Å². The minimum Gasteiger partial charge on any atom is -0.477 e. The van der Waals surface area contributed by atoms with Gasteiger partial charge in [-0.15, -0.1) is 11.3 Å². The number of carboxylic acid groups (broad SMARTS) is 1. The number of nitrogens with zero attached hydrogens (tertiary/aromatic N) is 4. The highest BCUT2D eigenvalue weighted by atomic mass is 32.1. The summed E-state index contributed by atoms with van der Waals surface area (Å²) in [6.45, 7) is 11.2. The number of benzene rings is 1. The van der Waals surface area contributed by atoms with Crippen molar-refractivity contribution in [2.75, 3.05) is 26.2 Å². The molecule has 44 heavy (non-hydrogen) atoms. The summed E-state index contributed by atoms with van der Waals surface area (Å²) in [4.78, 5) is 37.7. The fourth-order valence-corrected chi connectivity index (χ4v) is 7.86. The highest BCUT2D eigenvalue weighted by Gasteiger charge is 2.30. The van der Waals surface area contributed by atoms with Gasteiger partial charge in [0.15, 0.2) is 0 Å². The van der Waals surface area contributed by atoms with Crippen LogP contribution in [0.5, 0.6) is 0 Å². The van der Waals surface area contributed by atoms with E-state index >= 15 is 0 Å². The zero-order valence-corrected chi connectivity index (χ0v) is 26.9. The lowest BCUT2D eigenvalue weighted by Crippen LogP contribution is -2.47. The van der Waals surface area contributed by atoms with Gasteiger partial charge in [-0.2, -0.15) is 0 Å². The van der Waals surface area contributed by atoms with E-state index in [2.05, 4.69) is 52.1 Å². The van der Waals surface area contributed by atoms with Gasteiger partial charge in [0.1, 0.15) is 11.4 Å². The molecule has 2 aliphatic rings. The van der Waals surface area contributed by atoms with Crippen molar-refractivity contribution in [1.29, 1.82) is 0 Å². The van der Waals surface area contributed by atoms with E-state index in [0.29, 0.717) is 23.9 Å². The van der Waals surface area contributed by atoms with E-state index in [1.165, 1.54) is 23.3 Å². The normalized spacial score (nSPS) is 16.8. The lowest BCUT2D eigenvalue weighted by molar-refractivity contribution is -0.132. The molecule has 2 fully saturated rings. The molecule has 0 radical (unpaired) electrons. The van der Waals surface area contributed by atoms with Gasteiger partial charge >= 0.3 is 5.97 Å². The van der Waals surface area contributed by atoms with Crippen molar-refractivity contribution in [3.63, 3.8) is 0 Å². The number of aliphatic imine (C=N–C) groups is 1. The van der Waals surface area contributed by atoms with Crippen molar-refractivity contribution in [3.05, 3.63) is 58.2 Å². The third-order valence-corrected chi connectivity index (χ3v) is 10.2. The molecule has 3 aromatic heterocycles. The summed E-state index contributed by atoms with van der Waals surface area (Å²) in [5, 5.41) is 14.3. The Morgan fingerprint density at radius 2 is 1.77 bits per heavy atom. The minimum atomic E-state index is -0.922. The summed E-state index contributed by atoms with van der Waals surface area (Å²) in [5.74, 6) is -0.529. The first kappa shape index (κ1) is 30.2. The Balaban J connectivity index is 1.51. The molecule has 2 N–H and O–H groups in total. The molecule has 1 aliphatic heterocycles. The summed E-state index contributed by atoms with van der Waals surface area (Å²) in [5.41, 5.74) is 8.96. The Bertz CT molecular complexity index is 1800. The minimum absolute atomic E-state index is 0.0672. The van der Waals surface area contributed by atoms with E-state index in [0.717, 1.165) is 93.8 Å². The van der Waals surface area contributed by atoms with Crippen LogP contribution < -0.4 is 5.32 Å². The van der Waals surface area contributed by atoms with E-state index < -0.39 is 5.97 Å². The number of hydrogen-bond donors (Lipinski definition) is 2. The number of aromatic carboxylic acids is 1. The second kappa shape index (κ2) is 12.7. The number of allylic oxidation sites excluding steroid dienone is 2. The number of aromatic nitrogens is 2. The highest BCUT2D eigenvalue weighted by Crippen LogP contribution is 2.47. The molecule has 0 atom stereocenters. The third-order valence-electron chi connectivity index (χ3n) is 9.04. The number of amides is 1. The molecule has 8 nitrogen and oxygen atoms in total. The van der Waals surface area contributed by atoms with Gasteiger partial charge in [0, 0.05) is 43.0 Å². The number of piperazine rings is 1. The lowest BCUT2D eigenvalue weighted by atomic mass is 9.83. The summed E-state index contributed by atoms with van der Waals surface area (Å²) in [6.07, 6.45) is 5.68. The van der Waals surface area contributed by atoms with Crippen LogP contribution >= 0.6 is 11.3 Å². The Morgan fingerprint density at radius 1 is 1.02 bits per heavy atom. The van der Waals surface area contributed by atoms with Gasteiger partial charge in [-0.3, -0.25) is 9.79 Å². The molecule has 4 aromatic rings. The number of hydrogen-bond acceptors (Lipinski definition) is 6. The summed E-state index contributed by atoms with van der Waals surface area (Å²) < 4.78 is 3.12. The first-order valence-corrected chi connectivity index (χ1v) is 16.5. The molecule has 6 rings (SSSR count). The van der Waals surface area contributed by atoms with Crippen LogP contribution in [0.2, 0.25) is 0 Å². The average Bonchev–Trinajstić information content (AvgIpc) is 3.59. The predicted octanol–water partition coefficient (Wildman–Crippen LogP) is 7.33. The van der Waals surface area contributed by atoms with Crippen molar-refractivity contribution in [2.45, 2.75) is 72.3 Å². The first-order chi connectivity index (χ1) is 21.2. The van der Waals surface area contributed by atoms with Crippen LogP contribution in [0.1, 0.15) is 86.6 Å². The molecular weight excluding hydrogens is 570 g/mol. The van der Waals surface area contributed by atoms with Gasteiger partial charge in [0.05, 0.1) is 27.1 Å². The fraction of sp³-hybridized carbons (Fsp3) is 0.429. The molecule has 0 spiro atoms. The Labute approximate surface area is 262 Å². The van der Waals surface area contributed by atoms with Crippen LogP contribution in [-0.4, -0.2) is 63.3 Å². The number of nitrogens with one attached hydrogen (secondary N) is 1. The number of carboxylic acids is 1. The van der Waals surface area contributed by atoms with Crippen LogP contribution in [0.15, 0.2) is 47.1 Å². The van der Waals surface area contributed by atoms with Crippen LogP contribution in [0.4, 0.5) is 0 Å². The van der Waals surface area contributed by atoms with Crippen molar-refractivity contribution >= 4 is 55.6 Å². The average molecular weight is 612 g/mol. The van der Waals surface area contributed by atoms with Gasteiger partial charge in [-0.1, -0.05) is 31.4 Å². The molecule has 1 amide bonds. The molecule has 230 valence electrons. The largest absolute Gasteiger partial charge is 0.477 e. The quantitative estimate of drug-likeness (QED) is 0.213. The number of rotatable bonds is 7. The van der Waals surface area contributed by atoms with Gasteiger partial charge < -0.3 is 19.9 Å². The van der Waals surface area contributed by atoms with Gasteiger partial charge in [-0.05, 0) is 87.4 Å². The standard InChI is InChI=1S/C35H41N5O3S/c1-21(2)37-23(4)22(3)27-12-10-25-18-26(11-13-28(25)38-27)33-32(24-8-6-5-7-9-24)34-29(19-30(44-34)35(42)43)40(33)20-31(41)39-16-14-36-15-17-39/h10-13,18-19,24,36H,5-9,14-17,20H2,1-4H3,(H,42,43)/b23-22+. The number of pyridine rings is 1. The fourth-order valence-electron chi connectivity index (χ4n) is 6.74. The zero-order chi connectivity index (χ0) is 31.0. The molecule has 1 saturated heterocycles. The highest BCUT2D eigenvalue weighted by molar-refractivity contribution is 7.21. The first-order valence-electron chi connectivity index (χ1n) is 15.7. The van der Waals surface area contributed by atoms with E-state index in [1.54, 1.807) is 6.07 Å². The van der Waals surface area contributed by atoms with Crippen LogP contribution in [0.3, 0.4) is 0 Å². The van der Waals surface area contributed by atoms with Crippen molar-refractivity contribution < 1.29 is 14.7 Å². The van der Waals surface area contributed by atoms with E-state index in [9.17, 15) is 14.7 Å². The summed E-state index contributed by atoms with van der Waals surface area (Å²) in [7, 11) is 0. The van der Waals surface area contributed by atoms with E-state index in [1.807, 2.05) is 25.7 Å². The maximum atomic E-state index is 13.7. The van der Waals surface area contributed by atoms with Crippen molar-refractivity contribution in [3.8, 4) is 11.3 Å². The molecule has 1 aromatic carbocycles. The Hall–Kier alpha value is -3.82. The smallest absolute Gasteiger partial charge is 0.345 e. The summed E-state index contributed by atoms with van der Waals surface area (Å²) >= 11 is 1.35. The molecule has 0 bridgehead atoms. The van der Waals surface area contributed by atoms with E-state index in [4.69, 9.17) is 4.98 Å². The molecular formula is C35H41N5O3S. The van der Waals surface area contributed by atoms with Crippen LogP contribution in [-0.2, 0) is 11.3 Å². The SMILES string of the molecule is CC(C)=N/C(C)=C(\C)c1ccc2cc(-c3c(C4CCCCC4)c4sc(C(=O)O)cc4n3CC(=O)N3CCNCC3)ccc2n1. The van der Waals surface area contributed by atoms with Crippen LogP contribution in [0, 0.1) is 0 Å². The molecule has 4 heterocycles. The molecule has 1 aliphatic carbocycles. The molecule has 0 unspecified atom stereocenters. The summed E-state index contributed by atoms with van der Waals surface area (Å²) in [6, 6.07) is 12.3. The van der Waals surface area contributed by atoms with Gasteiger partial charge in [0.2, 0.25) is 5.91 Å². The number of carbonyl (C=O) groups excluding carboxylic acids is 1. The zero-order valence-electron chi connectivity index (χ0n) is 26.1. The third kappa shape index (κ3) is 5.95. The van der Waals surface area contributed by atoms with Crippen LogP contribution in [0.25, 0.3) is 38.0 Å². The topological polar surface area (TPSA) is 99.8 Å². The van der Waals surface area contributed by atoms with Gasteiger partial charge in [0.25, 0.3) is 0 Å². The maximum absolute atomic E-state index is 13.7. The predicted molar refractivity (Wildman–Crippen MR) is 180 cm³/mol. The Kier molecular flexibility index (Phi) is 8.69. The monoisotopic (exact) mass is 611 g/mol. The van der Waals surface area contributed by atoms with E-state index in [-0.39, 0.29) is 12.5 Å². The number of carbonyl (C=O) groups is 2. The Morgan fingerprint density at radius 3 is 2.48 bits per heavy atom. The lowest BCUT2D eigenvalue weighted by Gasteiger charge is -2.28. The number of thiophene rings is 1. The second-order valence-electron chi connectivity index (χ2n) is 12.3. The van der Waals surface area contributed by atoms with Crippen molar-refractivity contribution in [2.24, 2.45) is 4.99 Å². The maximum Gasteiger partial charge on any atom is 0.345 e. The number of fused-ring (bicyclic) bond motifs is 2. The second-order valence-corrected chi connectivity index (χ2v) is 13.4. The molecule has 1 saturated carbocycles. The molecule has 9 heteroatoms. The van der Waals surface area contributed by atoms with Gasteiger partial charge in [-0.25, -0.2) is 9.78 Å².